The van der Waals surface area contributed by atoms with Gasteiger partial charge < -0.3 is 19.7 Å². The van der Waals surface area contributed by atoms with Crippen molar-refractivity contribution in [2.75, 3.05) is 49.0 Å². The van der Waals surface area contributed by atoms with Crippen LogP contribution in [0, 0.1) is 0 Å². The molecule has 1 unspecified atom stereocenters. The SMILES string of the molecule is COc1cc2c(cc1OC)N(C(=O)c1ccc(NC(=O)c3ccccc3-c3ccccc3)cc1)CC1CSCCN1C2. The lowest BCUT2D eigenvalue weighted by Gasteiger charge is -2.35. The summed E-state index contributed by atoms with van der Waals surface area (Å²) < 4.78 is 11.2. The summed E-state index contributed by atoms with van der Waals surface area (Å²) in [5, 5.41) is 3.00. The zero-order chi connectivity index (χ0) is 29.1. The van der Waals surface area contributed by atoms with Crippen molar-refractivity contribution in [2.45, 2.75) is 12.6 Å². The summed E-state index contributed by atoms with van der Waals surface area (Å²) in [7, 11) is 3.24. The van der Waals surface area contributed by atoms with Crippen LogP contribution in [0.1, 0.15) is 26.3 Å². The molecule has 2 amide bonds. The number of carbonyl (C=O) groups is 2. The highest BCUT2D eigenvalue weighted by molar-refractivity contribution is 7.99. The van der Waals surface area contributed by atoms with Crippen LogP contribution in [0.15, 0.2) is 91.0 Å². The van der Waals surface area contributed by atoms with E-state index >= 15 is 0 Å². The number of nitrogens with zero attached hydrogens (tertiary/aromatic N) is 2. The zero-order valence-corrected chi connectivity index (χ0v) is 24.5. The fraction of sp³-hybridized carbons (Fsp3) is 0.235. The van der Waals surface area contributed by atoms with Gasteiger partial charge in [-0.3, -0.25) is 14.5 Å². The molecule has 0 aliphatic carbocycles. The van der Waals surface area contributed by atoms with Crippen molar-refractivity contribution < 1.29 is 19.1 Å². The van der Waals surface area contributed by atoms with Crippen LogP contribution in [0.25, 0.3) is 11.1 Å². The van der Waals surface area contributed by atoms with Crippen molar-refractivity contribution in [2.24, 2.45) is 0 Å². The molecular formula is C34H33N3O4S. The van der Waals surface area contributed by atoms with Crippen LogP contribution in [-0.2, 0) is 6.54 Å². The second-order valence-electron chi connectivity index (χ2n) is 10.4. The van der Waals surface area contributed by atoms with E-state index in [1.54, 1.807) is 38.5 Å². The number of anilines is 2. The molecule has 214 valence electrons. The van der Waals surface area contributed by atoms with E-state index in [1.807, 2.05) is 83.4 Å². The molecule has 1 atom stereocenters. The molecule has 0 spiro atoms. The van der Waals surface area contributed by atoms with Gasteiger partial charge in [0.1, 0.15) is 0 Å². The highest BCUT2D eigenvalue weighted by atomic mass is 32.2. The third-order valence-electron chi connectivity index (χ3n) is 7.88. The average molecular weight is 580 g/mol. The van der Waals surface area contributed by atoms with Gasteiger partial charge in [-0.1, -0.05) is 48.5 Å². The minimum absolute atomic E-state index is 0.0896. The Bertz CT molecular complexity index is 1590. The van der Waals surface area contributed by atoms with Crippen molar-refractivity contribution in [1.82, 2.24) is 4.90 Å². The Balaban J connectivity index is 1.26. The third-order valence-corrected chi connectivity index (χ3v) is 8.97. The predicted molar refractivity (Wildman–Crippen MR) is 169 cm³/mol. The number of rotatable bonds is 6. The number of nitrogens with one attached hydrogen (secondary N) is 1. The molecule has 2 aliphatic rings. The number of hydrogen-bond acceptors (Lipinski definition) is 6. The fourth-order valence-electron chi connectivity index (χ4n) is 5.67. The highest BCUT2D eigenvalue weighted by Crippen LogP contribution is 2.39. The van der Waals surface area contributed by atoms with Gasteiger partial charge >= 0.3 is 0 Å². The Kier molecular flexibility index (Phi) is 8.17. The van der Waals surface area contributed by atoms with E-state index in [2.05, 4.69) is 10.2 Å². The van der Waals surface area contributed by atoms with E-state index in [0.717, 1.165) is 47.0 Å². The Morgan fingerprint density at radius 3 is 2.36 bits per heavy atom. The second kappa shape index (κ2) is 12.3. The van der Waals surface area contributed by atoms with Gasteiger partial charge in [-0.05, 0) is 53.1 Å². The molecule has 0 bridgehead atoms. The monoisotopic (exact) mass is 579 g/mol. The number of thioether (sulfide) groups is 1. The van der Waals surface area contributed by atoms with Gasteiger partial charge in [0.15, 0.2) is 11.5 Å². The van der Waals surface area contributed by atoms with Crippen molar-refractivity contribution in [3.05, 3.63) is 108 Å². The maximum absolute atomic E-state index is 14.0. The maximum atomic E-state index is 14.0. The van der Waals surface area contributed by atoms with Crippen LogP contribution in [0.3, 0.4) is 0 Å². The minimum Gasteiger partial charge on any atom is -0.493 e. The van der Waals surface area contributed by atoms with Gasteiger partial charge in [0.05, 0.1) is 19.9 Å². The van der Waals surface area contributed by atoms with Gasteiger partial charge in [-0.25, -0.2) is 0 Å². The molecule has 42 heavy (non-hydrogen) atoms. The molecule has 6 rings (SSSR count). The number of fused-ring (bicyclic) bond motifs is 2. The molecule has 1 saturated heterocycles. The average Bonchev–Trinajstić information content (AvgIpc) is 3.20. The first kappa shape index (κ1) is 27.9. The maximum Gasteiger partial charge on any atom is 0.258 e. The van der Waals surface area contributed by atoms with Crippen LogP contribution < -0.4 is 19.7 Å². The molecule has 8 heteroatoms. The summed E-state index contributed by atoms with van der Waals surface area (Å²) in [6.07, 6.45) is 0. The van der Waals surface area contributed by atoms with Crippen molar-refractivity contribution in [3.63, 3.8) is 0 Å². The van der Waals surface area contributed by atoms with E-state index < -0.39 is 0 Å². The molecule has 1 N–H and O–H groups in total. The lowest BCUT2D eigenvalue weighted by Crippen LogP contribution is -2.47. The quantitative estimate of drug-likeness (QED) is 0.293. The largest absolute Gasteiger partial charge is 0.493 e. The van der Waals surface area contributed by atoms with E-state index in [0.29, 0.717) is 34.9 Å². The Morgan fingerprint density at radius 1 is 0.881 bits per heavy atom. The molecule has 0 saturated carbocycles. The fourth-order valence-corrected chi connectivity index (χ4v) is 6.79. The first-order chi connectivity index (χ1) is 20.6. The van der Waals surface area contributed by atoms with Gasteiger partial charge in [-0.2, -0.15) is 11.8 Å². The highest BCUT2D eigenvalue weighted by Gasteiger charge is 2.34. The van der Waals surface area contributed by atoms with E-state index in [1.165, 1.54) is 0 Å². The van der Waals surface area contributed by atoms with E-state index in [9.17, 15) is 9.59 Å². The van der Waals surface area contributed by atoms with Crippen LogP contribution in [0.4, 0.5) is 11.4 Å². The van der Waals surface area contributed by atoms with Crippen molar-refractivity contribution in [1.29, 1.82) is 0 Å². The second-order valence-corrected chi connectivity index (χ2v) is 11.5. The third kappa shape index (κ3) is 5.60. The molecule has 4 aromatic carbocycles. The topological polar surface area (TPSA) is 71.1 Å². The number of carbonyl (C=O) groups excluding carboxylic acids is 2. The Hall–Kier alpha value is -4.27. The first-order valence-electron chi connectivity index (χ1n) is 14.0. The van der Waals surface area contributed by atoms with Gasteiger partial charge in [0, 0.05) is 60.1 Å². The number of amides is 2. The lowest BCUT2D eigenvalue weighted by atomic mass is 9.99. The number of methoxy groups -OCH3 is 2. The number of benzene rings is 4. The number of ether oxygens (including phenoxy) is 2. The first-order valence-corrected chi connectivity index (χ1v) is 15.2. The zero-order valence-electron chi connectivity index (χ0n) is 23.7. The van der Waals surface area contributed by atoms with Gasteiger partial charge in [-0.15, -0.1) is 0 Å². The van der Waals surface area contributed by atoms with Crippen molar-refractivity contribution in [3.8, 4) is 22.6 Å². The van der Waals surface area contributed by atoms with Crippen LogP contribution in [0.5, 0.6) is 11.5 Å². The number of hydrogen-bond donors (Lipinski definition) is 1. The molecular weight excluding hydrogens is 546 g/mol. The molecule has 2 aliphatic heterocycles. The molecule has 0 radical (unpaired) electrons. The molecule has 7 nitrogen and oxygen atoms in total. The normalized spacial score (nSPS) is 16.5. The molecule has 0 aromatic heterocycles. The summed E-state index contributed by atoms with van der Waals surface area (Å²) in [4.78, 5) is 31.7. The predicted octanol–water partition coefficient (Wildman–Crippen LogP) is 6.20. The van der Waals surface area contributed by atoms with Gasteiger partial charge in [0.25, 0.3) is 11.8 Å². The van der Waals surface area contributed by atoms with Crippen LogP contribution >= 0.6 is 11.8 Å². The lowest BCUT2D eigenvalue weighted by molar-refractivity contribution is 0.0978. The molecule has 1 fully saturated rings. The van der Waals surface area contributed by atoms with Crippen LogP contribution in [0.2, 0.25) is 0 Å². The molecule has 2 heterocycles. The van der Waals surface area contributed by atoms with E-state index in [-0.39, 0.29) is 17.9 Å². The summed E-state index contributed by atoms with van der Waals surface area (Å²) >= 11 is 1.93. The van der Waals surface area contributed by atoms with Crippen molar-refractivity contribution >= 4 is 35.0 Å². The summed E-state index contributed by atoms with van der Waals surface area (Å²) in [5.41, 5.74) is 5.48. The van der Waals surface area contributed by atoms with E-state index in [4.69, 9.17) is 9.47 Å². The van der Waals surface area contributed by atoms with Gasteiger partial charge in [0.2, 0.25) is 0 Å². The summed E-state index contributed by atoms with van der Waals surface area (Å²) in [5.74, 6) is 3.01. The standard InChI is InChI=1S/C34H33N3O4S/c1-40-31-18-25-20-36-16-17-42-22-27(36)21-37(30(25)19-32(31)41-2)34(39)24-12-14-26(15-13-24)35-33(38)29-11-7-6-10-28(29)23-8-4-3-5-9-23/h3-15,18-19,27H,16-17,20-22H2,1-2H3,(H,35,38). The Morgan fingerprint density at radius 2 is 1.60 bits per heavy atom. The smallest absolute Gasteiger partial charge is 0.258 e. The molecule has 4 aromatic rings. The minimum atomic E-state index is -0.203. The Labute approximate surface area is 250 Å². The summed E-state index contributed by atoms with van der Waals surface area (Å²) in [6, 6.07) is 28.7. The van der Waals surface area contributed by atoms with Crippen LogP contribution in [-0.4, -0.2) is 61.6 Å². The summed E-state index contributed by atoms with van der Waals surface area (Å²) in [6.45, 7) is 2.32.